The molecule has 1 heterocycles. The predicted molar refractivity (Wildman–Crippen MR) is 120 cm³/mol. The maximum Gasteiger partial charge on any atom is 0.253 e. The normalized spacial score (nSPS) is 15.4. The van der Waals surface area contributed by atoms with E-state index < -0.39 is 15.7 Å². The summed E-state index contributed by atoms with van der Waals surface area (Å²) in [7, 11) is -3.42. The molecule has 0 atom stereocenters. The van der Waals surface area contributed by atoms with Gasteiger partial charge in [-0.1, -0.05) is 25.1 Å². The van der Waals surface area contributed by atoms with Crippen molar-refractivity contribution < 1.29 is 17.6 Å². The molecule has 0 bridgehead atoms. The first-order chi connectivity index (χ1) is 14.9. The van der Waals surface area contributed by atoms with Gasteiger partial charge >= 0.3 is 0 Å². The van der Waals surface area contributed by atoms with Gasteiger partial charge in [0.15, 0.2) is 9.84 Å². The Balaban J connectivity index is 1.52. The third-order valence-corrected chi connectivity index (χ3v) is 7.65. The van der Waals surface area contributed by atoms with Crippen molar-refractivity contribution in [1.29, 1.82) is 0 Å². The molecule has 0 spiro atoms. The van der Waals surface area contributed by atoms with E-state index in [9.17, 15) is 17.6 Å². The van der Waals surface area contributed by atoms with Crippen molar-refractivity contribution in [3.8, 4) is 0 Å². The molecule has 1 fully saturated rings. The zero-order valence-corrected chi connectivity index (χ0v) is 18.9. The van der Waals surface area contributed by atoms with Crippen molar-refractivity contribution in [2.45, 2.75) is 43.5 Å². The lowest BCUT2D eigenvalue weighted by atomic mass is 10.0. The molecule has 2 aromatic carbocycles. The summed E-state index contributed by atoms with van der Waals surface area (Å²) in [5.74, 6) is -0.318. The van der Waals surface area contributed by atoms with E-state index in [2.05, 4.69) is 11.8 Å². The number of benzene rings is 2. The fourth-order valence-electron chi connectivity index (χ4n) is 4.18. The zero-order valence-electron chi connectivity index (χ0n) is 18.0. The molecule has 0 aliphatic carbocycles. The summed E-state index contributed by atoms with van der Waals surface area (Å²) in [5, 5.41) is 0. The SMILES string of the molecule is CCCN(CCCS(=O)(=O)c1ccc(F)cc1)C1CCN(C(=O)c2ccccc2)CC1. The van der Waals surface area contributed by atoms with Gasteiger partial charge in [0.2, 0.25) is 0 Å². The lowest BCUT2D eigenvalue weighted by Crippen LogP contribution is -2.47. The van der Waals surface area contributed by atoms with Crippen LogP contribution in [0.5, 0.6) is 0 Å². The van der Waals surface area contributed by atoms with Gasteiger partial charge in [0.25, 0.3) is 5.91 Å². The Bertz CT molecular complexity index is 941. The van der Waals surface area contributed by atoms with Gasteiger partial charge < -0.3 is 9.80 Å². The van der Waals surface area contributed by atoms with Crippen LogP contribution in [0, 0.1) is 5.82 Å². The van der Waals surface area contributed by atoms with Crippen molar-refractivity contribution in [2.75, 3.05) is 31.9 Å². The van der Waals surface area contributed by atoms with E-state index in [1.165, 1.54) is 24.3 Å². The van der Waals surface area contributed by atoms with E-state index >= 15 is 0 Å². The van der Waals surface area contributed by atoms with Crippen molar-refractivity contribution in [3.63, 3.8) is 0 Å². The predicted octanol–water partition coefficient (Wildman–Crippen LogP) is 4.01. The quantitative estimate of drug-likeness (QED) is 0.546. The third-order valence-electron chi connectivity index (χ3n) is 5.83. The number of carbonyl (C=O) groups excluding carboxylic acids is 1. The molecule has 31 heavy (non-hydrogen) atoms. The molecule has 5 nitrogen and oxygen atoms in total. The van der Waals surface area contributed by atoms with Crippen LogP contribution in [0.25, 0.3) is 0 Å². The number of halogens is 1. The standard InChI is InChI=1S/C24H31FN2O3S/c1-2-15-26(16-6-19-31(29,30)23-11-9-21(25)10-12-23)22-13-17-27(18-14-22)24(28)20-7-4-3-5-8-20/h3-5,7-12,22H,2,6,13-19H2,1H3. The van der Waals surface area contributed by atoms with Gasteiger partial charge in [-0.2, -0.15) is 0 Å². The van der Waals surface area contributed by atoms with Crippen LogP contribution in [0.3, 0.4) is 0 Å². The number of rotatable bonds is 9. The average Bonchev–Trinajstić information content (AvgIpc) is 2.79. The van der Waals surface area contributed by atoms with Crippen molar-refractivity contribution in [3.05, 3.63) is 66.0 Å². The topological polar surface area (TPSA) is 57.7 Å². The van der Waals surface area contributed by atoms with Crippen molar-refractivity contribution in [1.82, 2.24) is 9.80 Å². The second-order valence-corrected chi connectivity index (χ2v) is 10.2. The number of hydrogen-bond donors (Lipinski definition) is 0. The van der Waals surface area contributed by atoms with Gasteiger partial charge in [-0.3, -0.25) is 4.79 Å². The molecule has 1 aliphatic heterocycles. The zero-order chi connectivity index (χ0) is 22.3. The van der Waals surface area contributed by atoms with Crippen molar-refractivity contribution in [2.24, 2.45) is 0 Å². The number of likely N-dealkylation sites (tertiary alicyclic amines) is 1. The van der Waals surface area contributed by atoms with Gasteiger partial charge in [0, 0.05) is 24.7 Å². The number of nitrogens with zero attached hydrogens (tertiary/aromatic N) is 2. The van der Waals surface area contributed by atoms with Crippen molar-refractivity contribution >= 4 is 15.7 Å². The minimum atomic E-state index is -3.42. The fourth-order valence-corrected chi connectivity index (χ4v) is 5.47. The van der Waals surface area contributed by atoms with E-state index in [-0.39, 0.29) is 16.6 Å². The van der Waals surface area contributed by atoms with E-state index in [1.54, 1.807) is 0 Å². The van der Waals surface area contributed by atoms with Crippen LogP contribution < -0.4 is 0 Å². The van der Waals surface area contributed by atoms with Crippen LogP contribution in [0.1, 0.15) is 43.0 Å². The van der Waals surface area contributed by atoms with E-state index in [4.69, 9.17) is 0 Å². The molecule has 1 aliphatic rings. The van der Waals surface area contributed by atoms with Gasteiger partial charge in [-0.05, 0) is 75.2 Å². The molecule has 2 aromatic rings. The maximum absolute atomic E-state index is 13.1. The van der Waals surface area contributed by atoms with Gasteiger partial charge in [0.05, 0.1) is 10.6 Å². The summed E-state index contributed by atoms with van der Waals surface area (Å²) in [4.78, 5) is 17.1. The monoisotopic (exact) mass is 446 g/mol. The third kappa shape index (κ3) is 6.37. The molecule has 0 radical (unpaired) electrons. The highest BCUT2D eigenvalue weighted by atomic mass is 32.2. The lowest BCUT2D eigenvalue weighted by Gasteiger charge is -2.38. The van der Waals surface area contributed by atoms with E-state index in [1.807, 2.05) is 35.2 Å². The van der Waals surface area contributed by atoms with Gasteiger partial charge in [-0.15, -0.1) is 0 Å². The molecular weight excluding hydrogens is 415 g/mol. The van der Waals surface area contributed by atoms with Crippen LogP contribution in [0.4, 0.5) is 4.39 Å². The van der Waals surface area contributed by atoms with Crippen LogP contribution in [-0.4, -0.2) is 62.1 Å². The Morgan fingerprint density at radius 1 is 1.03 bits per heavy atom. The summed E-state index contributed by atoms with van der Waals surface area (Å²) >= 11 is 0. The van der Waals surface area contributed by atoms with Gasteiger partial charge in [0.1, 0.15) is 5.82 Å². The Morgan fingerprint density at radius 3 is 2.29 bits per heavy atom. The molecule has 0 N–H and O–H groups in total. The molecule has 0 unspecified atom stereocenters. The van der Waals surface area contributed by atoms with Crippen LogP contribution in [0.2, 0.25) is 0 Å². The maximum atomic E-state index is 13.1. The molecule has 0 saturated carbocycles. The molecule has 3 rings (SSSR count). The van der Waals surface area contributed by atoms with Crippen LogP contribution >= 0.6 is 0 Å². The lowest BCUT2D eigenvalue weighted by molar-refractivity contribution is 0.0618. The summed E-state index contributed by atoms with van der Waals surface area (Å²) in [6.07, 6.45) is 3.31. The number of hydrogen-bond acceptors (Lipinski definition) is 4. The summed E-state index contributed by atoms with van der Waals surface area (Å²) in [6.45, 7) is 5.16. The Morgan fingerprint density at radius 2 is 1.68 bits per heavy atom. The van der Waals surface area contributed by atoms with Gasteiger partial charge in [-0.25, -0.2) is 12.8 Å². The summed E-state index contributed by atoms with van der Waals surface area (Å²) in [6, 6.07) is 14.7. The molecule has 0 aromatic heterocycles. The average molecular weight is 447 g/mol. The highest BCUT2D eigenvalue weighted by Crippen LogP contribution is 2.20. The smallest absolute Gasteiger partial charge is 0.253 e. The Labute approximate surface area is 184 Å². The number of sulfone groups is 1. The van der Waals surface area contributed by atoms with Crippen LogP contribution in [0.15, 0.2) is 59.5 Å². The first-order valence-corrected chi connectivity index (χ1v) is 12.6. The minimum Gasteiger partial charge on any atom is -0.339 e. The second kappa shape index (κ2) is 10.9. The molecular formula is C24H31FN2O3S. The number of carbonyl (C=O) groups is 1. The van der Waals surface area contributed by atoms with E-state index in [0.29, 0.717) is 32.1 Å². The summed E-state index contributed by atoms with van der Waals surface area (Å²) in [5.41, 5.74) is 0.720. The Kier molecular flexibility index (Phi) is 8.21. The highest BCUT2D eigenvalue weighted by Gasteiger charge is 2.27. The molecule has 7 heteroatoms. The summed E-state index contributed by atoms with van der Waals surface area (Å²) < 4.78 is 38.1. The Hall–Kier alpha value is -2.25. The van der Waals surface area contributed by atoms with Crippen LogP contribution in [-0.2, 0) is 9.84 Å². The largest absolute Gasteiger partial charge is 0.339 e. The second-order valence-electron chi connectivity index (χ2n) is 8.05. The fraction of sp³-hybridized carbons (Fsp3) is 0.458. The molecule has 1 saturated heterocycles. The number of amides is 1. The molecule has 168 valence electrons. The minimum absolute atomic E-state index is 0.0458. The van der Waals surface area contributed by atoms with E-state index in [0.717, 1.165) is 31.4 Å². The highest BCUT2D eigenvalue weighted by molar-refractivity contribution is 7.91. The number of piperidine rings is 1. The first-order valence-electron chi connectivity index (χ1n) is 11.0. The molecule has 1 amide bonds. The first kappa shape index (κ1) is 23.4.